The Kier molecular flexibility index (Phi) is 5.52. The molecule has 0 aromatic heterocycles. The summed E-state index contributed by atoms with van der Waals surface area (Å²) >= 11 is 0. The molecule has 126 valence electrons. The molecular formula is C18H20N2O4. The van der Waals surface area contributed by atoms with Gasteiger partial charge in [0.25, 0.3) is 5.91 Å². The van der Waals surface area contributed by atoms with Gasteiger partial charge in [0.05, 0.1) is 11.0 Å². The molecular weight excluding hydrogens is 308 g/mol. The first kappa shape index (κ1) is 17.5. The molecule has 0 aliphatic carbocycles. The third-order valence-electron chi connectivity index (χ3n) is 3.83. The molecule has 0 saturated carbocycles. The van der Waals surface area contributed by atoms with E-state index in [1.807, 2.05) is 39.0 Å². The fraction of sp³-hybridized carbons (Fsp3) is 0.278. The second-order valence-electron chi connectivity index (χ2n) is 5.65. The summed E-state index contributed by atoms with van der Waals surface area (Å²) in [7, 11) is 0. The van der Waals surface area contributed by atoms with Crippen molar-refractivity contribution in [1.82, 2.24) is 5.32 Å². The number of hydrogen-bond donors (Lipinski definition) is 1. The van der Waals surface area contributed by atoms with Gasteiger partial charge in [0.2, 0.25) is 0 Å². The van der Waals surface area contributed by atoms with Crippen LogP contribution in [-0.4, -0.2) is 17.4 Å². The molecule has 0 aliphatic rings. The van der Waals surface area contributed by atoms with E-state index < -0.39 is 4.92 Å². The van der Waals surface area contributed by atoms with Crippen molar-refractivity contribution >= 4 is 11.6 Å². The molecule has 2 aromatic carbocycles. The highest BCUT2D eigenvalue weighted by atomic mass is 16.6. The minimum Gasteiger partial charge on any atom is -0.477 e. The number of amides is 1. The third-order valence-corrected chi connectivity index (χ3v) is 3.83. The zero-order valence-electron chi connectivity index (χ0n) is 13.9. The fourth-order valence-corrected chi connectivity index (χ4v) is 2.27. The van der Waals surface area contributed by atoms with Crippen molar-refractivity contribution in [1.29, 1.82) is 0 Å². The number of nitrogens with zero attached hydrogens (tertiary/aromatic N) is 1. The normalized spacial score (nSPS) is 11.6. The molecule has 0 fully saturated rings. The van der Waals surface area contributed by atoms with Crippen molar-refractivity contribution in [2.24, 2.45) is 0 Å². The number of hydrogen-bond acceptors (Lipinski definition) is 4. The van der Waals surface area contributed by atoms with Gasteiger partial charge in [-0.2, -0.15) is 0 Å². The minimum absolute atomic E-state index is 0.0801. The molecule has 0 heterocycles. The first-order valence-corrected chi connectivity index (χ1v) is 7.61. The number of carbonyl (C=O) groups is 1. The summed E-state index contributed by atoms with van der Waals surface area (Å²) in [4.78, 5) is 22.4. The number of rotatable bonds is 6. The molecule has 1 N–H and O–H groups in total. The predicted octanol–water partition coefficient (Wildman–Crippen LogP) is 3.47. The number of aryl methyl sites for hydroxylation is 2. The first-order chi connectivity index (χ1) is 11.4. The Morgan fingerprint density at radius 3 is 2.58 bits per heavy atom. The molecule has 6 heteroatoms. The number of benzene rings is 2. The first-order valence-electron chi connectivity index (χ1n) is 7.61. The van der Waals surface area contributed by atoms with Gasteiger partial charge in [-0.15, -0.1) is 0 Å². The van der Waals surface area contributed by atoms with Crippen LogP contribution >= 0.6 is 0 Å². The van der Waals surface area contributed by atoms with Crippen LogP contribution in [0.2, 0.25) is 0 Å². The number of carbonyl (C=O) groups excluding carboxylic acids is 1. The lowest BCUT2D eigenvalue weighted by Crippen LogP contribution is -2.31. The number of ether oxygens (including phenoxy) is 1. The van der Waals surface area contributed by atoms with Crippen molar-refractivity contribution in [3.63, 3.8) is 0 Å². The summed E-state index contributed by atoms with van der Waals surface area (Å²) in [6.07, 6.45) is 0. The van der Waals surface area contributed by atoms with Gasteiger partial charge in [-0.1, -0.05) is 30.3 Å². The van der Waals surface area contributed by atoms with Gasteiger partial charge in [-0.3, -0.25) is 14.9 Å². The van der Waals surface area contributed by atoms with Crippen molar-refractivity contribution < 1.29 is 14.5 Å². The lowest BCUT2D eigenvalue weighted by Gasteiger charge is -2.16. The molecule has 0 saturated heterocycles. The van der Waals surface area contributed by atoms with Gasteiger partial charge in [0.1, 0.15) is 0 Å². The minimum atomic E-state index is -0.537. The molecule has 24 heavy (non-hydrogen) atoms. The van der Waals surface area contributed by atoms with Crippen molar-refractivity contribution in [2.75, 3.05) is 6.61 Å². The summed E-state index contributed by atoms with van der Waals surface area (Å²) in [6, 6.07) is 11.8. The zero-order chi connectivity index (χ0) is 17.7. The number of para-hydroxylation sites is 2. The molecule has 1 atom stereocenters. The Hall–Kier alpha value is -2.89. The lowest BCUT2D eigenvalue weighted by atomic mass is 10.0. The van der Waals surface area contributed by atoms with Crippen molar-refractivity contribution in [3.8, 4) is 5.75 Å². The van der Waals surface area contributed by atoms with Crippen LogP contribution in [0, 0.1) is 24.0 Å². The Morgan fingerprint density at radius 1 is 1.21 bits per heavy atom. The Labute approximate surface area is 140 Å². The summed E-state index contributed by atoms with van der Waals surface area (Å²) in [5.41, 5.74) is 3.19. The maximum absolute atomic E-state index is 12.0. The molecule has 0 spiro atoms. The smallest absolute Gasteiger partial charge is 0.310 e. The van der Waals surface area contributed by atoms with Gasteiger partial charge in [-0.05, 0) is 43.5 Å². The van der Waals surface area contributed by atoms with Crippen molar-refractivity contribution in [3.05, 3.63) is 69.3 Å². The van der Waals surface area contributed by atoms with E-state index in [-0.39, 0.29) is 30.0 Å². The van der Waals surface area contributed by atoms with Gasteiger partial charge >= 0.3 is 5.69 Å². The van der Waals surface area contributed by atoms with E-state index in [9.17, 15) is 14.9 Å². The Bertz CT molecular complexity index is 758. The predicted molar refractivity (Wildman–Crippen MR) is 91.1 cm³/mol. The summed E-state index contributed by atoms with van der Waals surface area (Å²) in [6.45, 7) is 5.65. The summed E-state index contributed by atoms with van der Waals surface area (Å²) in [5.74, 6) is -0.254. The van der Waals surface area contributed by atoms with Crippen LogP contribution in [0.15, 0.2) is 42.5 Å². The van der Waals surface area contributed by atoms with Gasteiger partial charge in [-0.25, -0.2) is 0 Å². The summed E-state index contributed by atoms with van der Waals surface area (Å²) < 4.78 is 5.29. The topological polar surface area (TPSA) is 81.5 Å². The highest BCUT2D eigenvalue weighted by Gasteiger charge is 2.16. The summed E-state index contributed by atoms with van der Waals surface area (Å²) in [5, 5.41) is 13.7. The van der Waals surface area contributed by atoms with E-state index >= 15 is 0 Å². The Balaban J connectivity index is 1.96. The second kappa shape index (κ2) is 7.59. The quantitative estimate of drug-likeness (QED) is 0.650. The SMILES string of the molecule is Cc1ccc(C(C)NC(=O)COc2ccccc2[N+](=O)[O-])cc1C. The van der Waals surface area contributed by atoms with Crippen LogP contribution in [0.3, 0.4) is 0 Å². The number of nitro groups is 1. The second-order valence-corrected chi connectivity index (χ2v) is 5.65. The number of nitrogens with one attached hydrogen (secondary N) is 1. The molecule has 2 rings (SSSR count). The standard InChI is InChI=1S/C18H20N2O4/c1-12-8-9-15(10-13(12)2)14(3)19-18(21)11-24-17-7-5-4-6-16(17)20(22)23/h4-10,14H,11H2,1-3H3,(H,19,21). The van der Waals surface area contributed by atoms with Crippen LogP contribution in [0.25, 0.3) is 0 Å². The van der Waals surface area contributed by atoms with Crippen LogP contribution in [0.5, 0.6) is 5.75 Å². The maximum Gasteiger partial charge on any atom is 0.310 e. The van der Waals surface area contributed by atoms with Crippen LogP contribution in [-0.2, 0) is 4.79 Å². The third kappa shape index (κ3) is 4.32. The van der Waals surface area contributed by atoms with Gasteiger partial charge in [0.15, 0.2) is 12.4 Å². The zero-order valence-corrected chi connectivity index (χ0v) is 13.9. The van der Waals surface area contributed by atoms with E-state index in [0.29, 0.717) is 0 Å². The van der Waals surface area contributed by atoms with Crippen LogP contribution < -0.4 is 10.1 Å². The highest BCUT2D eigenvalue weighted by molar-refractivity contribution is 5.78. The number of nitro benzene ring substituents is 1. The Morgan fingerprint density at radius 2 is 1.92 bits per heavy atom. The molecule has 0 aliphatic heterocycles. The van der Waals surface area contributed by atoms with E-state index in [1.165, 1.54) is 17.7 Å². The monoisotopic (exact) mass is 328 g/mol. The average molecular weight is 328 g/mol. The average Bonchev–Trinajstić information content (AvgIpc) is 2.55. The molecule has 2 aromatic rings. The van der Waals surface area contributed by atoms with E-state index in [0.717, 1.165) is 11.1 Å². The van der Waals surface area contributed by atoms with Crippen molar-refractivity contribution in [2.45, 2.75) is 26.8 Å². The largest absolute Gasteiger partial charge is 0.477 e. The van der Waals surface area contributed by atoms with Crippen LogP contribution in [0.4, 0.5) is 5.69 Å². The van der Waals surface area contributed by atoms with Crippen LogP contribution in [0.1, 0.15) is 29.7 Å². The van der Waals surface area contributed by atoms with E-state index in [2.05, 4.69) is 5.32 Å². The van der Waals surface area contributed by atoms with Gasteiger partial charge in [0, 0.05) is 6.07 Å². The maximum atomic E-state index is 12.0. The molecule has 1 amide bonds. The molecule has 0 radical (unpaired) electrons. The highest BCUT2D eigenvalue weighted by Crippen LogP contribution is 2.25. The fourth-order valence-electron chi connectivity index (χ4n) is 2.27. The molecule has 1 unspecified atom stereocenters. The van der Waals surface area contributed by atoms with E-state index in [1.54, 1.807) is 12.1 Å². The molecule has 0 bridgehead atoms. The molecule has 6 nitrogen and oxygen atoms in total. The lowest BCUT2D eigenvalue weighted by molar-refractivity contribution is -0.385. The van der Waals surface area contributed by atoms with E-state index in [4.69, 9.17) is 4.74 Å². The van der Waals surface area contributed by atoms with Gasteiger partial charge < -0.3 is 10.1 Å².